The molecule has 2 heterocycles. The van der Waals surface area contributed by atoms with Crippen LogP contribution < -0.4 is 4.74 Å². The minimum atomic E-state index is -3.58. The fourth-order valence-electron chi connectivity index (χ4n) is 3.58. The van der Waals surface area contributed by atoms with Gasteiger partial charge in [-0.2, -0.15) is 8.99 Å². The number of methoxy groups -OCH3 is 1. The van der Waals surface area contributed by atoms with Gasteiger partial charge in [-0.15, -0.1) is 5.10 Å². The standard InChI is InChI=1S/C20H23FN6O3S/c1-15-13-18(7-8-19(15)30-2)31(28,29)26-11-9-25(10-12-26)14-20-22-23-24-27(20)17-5-3-16(21)4-6-17/h3-8,13H,9-12,14H2,1-2H3. The second-order valence-corrected chi connectivity index (χ2v) is 9.23. The molecule has 3 aromatic rings. The zero-order valence-corrected chi connectivity index (χ0v) is 18.1. The number of hydrogen-bond donors (Lipinski definition) is 0. The SMILES string of the molecule is COc1ccc(S(=O)(=O)N2CCN(Cc3nnnn3-c3ccc(F)cc3)CC2)cc1C. The van der Waals surface area contributed by atoms with Gasteiger partial charge in [0.2, 0.25) is 10.0 Å². The number of rotatable bonds is 6. The molecule has 0 N–H and O–H groups in total. The van der Waals surface area contributed by atoms with Gasteiger partial charge in [0.15, 0.2) is 5.82 Å². The number of piperazine rings is 1. The Balaban J connectivity index is 1.42. The van der Waals surface area contributed by atoms with Crippen LogP contribution in [0.5, 0.6) is 5.75 Å². The number of halogens is 1. The summed E-state index contributed by atoms with van der Waals surface area (Å²) < 4.78 is 47.5. The molecule has 0 atom stereocenters. The Morgan fingerprint density at radius 1 is 1.06 bits per heavy atom. The van der Waals surface area contributed by atoms with E-state index in [4.69, 9.17) is 4.74 Å². The molecule has 2 aromatic carbocycles. The van der Waals surface area contributed by atoms with Crippen LogP contribution in [0, 0.1) is 12.7 Å². The Bertz CT molecular complexity index is 1160. The number of nitrogens with zero attached hydrogens (tertiary/aromatic N) is 6. The number of aryl methyl sites for hydroxylation is 1. The summed E-state index contributed by atoms with van der Waals surface area (Å²) in [7, 11) is -2.02. The van der Waals surface area contributed by atoms with Gasteiger partial charge in [-0.3, -0.25) is 4.90 Å². The molecule has 1 aliphatic rings. The number of aromatic nitrogens is 4. The Kier molecular flexibility index (Phi) is 5.99. The van der Waals surface area contributed by atoms with Crippen LogP contribution in [0.1, 0.15) is 11.4 Å². The summed E-state index contributed by atoms with van der Waals surface area (Å²) in [5.41, 5.74) is 1.44. The molecule has 9 nitrogen and oxygen atoms in total. The van der Waals surface area contributed by atoms with E-state index in [1.54, 1.807) is 42.1 Å². The predicted molar refractivity (Wildman–Crippen MR) is 111 cm³/mol. The van der Waals surface area contributed by atoms with Gasteiger partial charge in [0.05, 0.1) is 24.2 Å². The fraction of sp³-hybridized carbons (Fsp3) is 0.350. The maximum Gasteiger partial charge on any atom is 0.243 e. The predicted octanol–water partition coefficient (Wildman–Crippen LogP) is 1.62. The van der Waals surface area contributed by atoms with Crippen LogP contribution >= 0.6 is 0 Å². The third-order valence-corrected chi connectivity index (χ3v) is 7.20. The molecule has 0 spiro atoms. The Labute approximate surface area is 180 Å². The van der Waals surface area contributed by atoms with E-state index < -0.39 is 10.0 Å². The first kappa shape index (κ1) is 21.3. The van der Waals surface area contributed by atoms with E-state index >= 15 is 0 Å². The molecule has 0 amide bonds. The van der Waals surface area contributed by atoms with Crippen molar-refractivity contribution in [1.29, 1.82) is 0 Å². The van der Waals surface area contributed by atoms with Crippen LogP contribution in [0.25, 0.3) is 5.69 Å². The lowest BCUT2D eigenvalue weighted by Gasteiger charge is -2.33. The van der Waals surface area contributed by atoms with Crippen molar-refractivity contribution in [3.05, 3.63) is 59.7 Å². The molecule has 164 valence electrons. The van der Waals surface area contributed by atoms with Crippen LogP contribution in [-0.4, -0.2) is 71.1 Å². The number of sulfonamides is 1. The van der Waals surface area contributed by atoms with Crippen molar-refractivity contribution in [2.75, 3.05) is 33.3 Å². The lowest BCUT2D eigenvalue weighted by molar-refractivity contribution is 0.177. The van der Waals surface area contributed by atoms with Gasteiger partial charge in [-0.05, 0) is 65.4 Å². The van der Waals surface area contributed by atoms with Crippen molar-refractivity contribution < 1.29 is 17.5 Å². The van der Waals surface area contributed by atoms with Gasteiger partial charge in [0.1, 0.15) is 11.6 Å². The van der Waals surface area contributed by atoms with E-state index in [0.717, 1.165) is 5.56 Å². The molecule has 0 radical (unpaired) electrons. The molecule has 0 aliphatic carbocycles. The average Bonchev–Trinajstić information content (AvgIpc) is 3.22. The van der Waals surface area contributed by atoms with Gasteiger partial charge in [0.25, 0.3) is 0 Å². The highest BCUT2D eigenvalue weighted by atomic mass is 32.2. The molecule has 1 aromatic heterocycles. The van der Waals surface area contributed by atoms with Crippen molar-refractivity contribution >= 4 is 10.0 Å². The van der Waals surface area contributed by atoms with E-state index in [-0.39, 0.29) is 10.7 Å². The highest BCUT2D eigenvalue weighted by molar-refractivity contribution is 7.89. The average molecular weight is 447 g/mol. The second-order valence-electron chi connectivity index (χ2n) is 7.29. The summed E-state index contributed by atoms with van der Waals surface area (Å²) in [6.45, 7) is 4.10. The number of tetrazole rings is 1. The Morgan fingerprint density at radius 3 is 2.42 bits per heavy atom. The van der Waals surface area contributed by atoms with Crippen molar-refractivity contribution in [2.24, 2.45) is 0 Å². The highest BCUT2D eigenvalue weighted by Crippen LogP contribution is 2.24. The maximum absolute atomic E-state index is 13.2. The van der Waals surface area contributed by atoms with Crippen LogP contribution in [0.15, 0.2) is 47.4 Å². The third kappa shape index (κ3) is 4.43. The quantitative estimate of drug-likeness (QED) is 0.568. The molecule has 1 fully saturated rings. The van der Waals surface area contributed by atoms with E-state index in [2.05, 4.69) is 20.4 Å². The van der Waals surface area contributed by atoms with E-state index in [1.165, 1.54) is 16.4 Å². The zero-order valence-electron chi connectivity index (χ0n) is 17.3. The fourth-order valence-corrected chi connectivity index (χ4v) is 5.08. The largest absolute Gasteiger partial charge is 0.496 e. The summed E-state index contributed by atoms with van der Waals surface area (Å²) in [6, 6.07) is 10.8. The normalized spacial score (nSPS) is 15.8. The van der Waals surface area contributed by atoms with Crippen molar-refractivity contribution in [2.45, 2.75) is 18.4 Å². The van der Waals surface area contributed by atoms with Gasteiger partial charge in [-0.25, -0.2) is 12.8 Å². The van der Waals surface area contributed by atoms with Crippen LogP contribution in [0.3, 0.4) is 0 Å². The number of hydrogen-bond acceptors (Lipinski definition) is 7. The van der Waals surface area contributed by atoms with E-state index in [1.807, 2.05) is 6.92 Å². The van der Waals surface area contributed by atoms with E-state index in [9.17, 15) is 12.8 Å². The van der Waals surface area contributed by atoms with Crippen molar-refractivity contribution in [1.82, 2.24) is 29.4 Å². The number of benzene rings is 2. The smallest absolute Gasteiger partial charge is 0.243 e. The highest BCUT2D eigenvalue weighted by Gasteiger charge is 2.29. The topological polar surface area (TPSA) is 93.5 Å². The van der Waals surface area contributed by atoms with Gasteiger partial charge in [0, 0.05) is 26.2 Å². The minimum Gasteiger partial charge on any atom is -0.496 e. The molecule has 11 heteroatoms. The molecule has 4 rings (SSSR count). The Hall–Kier alpha value is -2.89. The van der Waals surface area contributed by atoms with Crippen molar-refractivity contribution in [3.8, 4) is 11.4 Å². The van der Waals surface area contributed by atoms with Crippen LogP contribution in [0.2, 0.25) is 0 Å². The molecule has 1 aliphatic heterocycles. The van der Waals surface area contributed by atoms with Gasteiger partial charge < -0.3 is 4.74 Å². The minimum absolute atomic E-state index is 0.263. The summed E-state index contributed by atoms with van der Waals surface area (Å²) in [5, 5.41) is 11.8. The monoisotopic (exact) mass is 446 g/mol. The first-order chi connectivity index (χ1) is 14.9. The molecule has 0 saturated carbocycles. The van der Waals surface area contributed by atoms with Crippen molar-refractivity contribution in [3.63, 3.8) is 0 Å². The summed E-state index contributed by atoms with van der Waals surface area (Å²) >= 11 is 0. The van der Waals surface area contributed by atoms with E-state index in [0.29, 0.717) is 50.0 Å². The van der Waals surface area contributed by atoms with Gasteiger partial charge >= 0.3 is 0 Å². The summed E-state index contributed by atoms with van der Waals surface area (Å²) in [5.74, 6) is 0.930. The third-order valence-electron chi connectivity index (χ3n) is 5.31. The molecule has 31 heavy (non-hydrogen) atoms. The molecule has 1 saturated heterocycles. The molecule has 0 unspecified atom stereocenters. The van der Waals surface area contributed by atoms with Crippen LogP contribution in [0.4, 0.5) is 4.39 Å². The molecular formula is C20H23FN6O3S. The Morgan fingerprint density at radius 2 is 1.77 bits per heavy atom. The number of ether oxygens (including phenoxy) is 1. The summed E-state index contributed by atoms with van der Waals surface area (Å²) in [4.78, 5) is 2.36. The lowest BCUT2D eigenvalue weighted by Crippen LogP contribution is -2.48. The first-order valence-corrected chi connectivity index (χ1v) is 11.2. The molecular weight excluding hydrogens is 423 g/mol. The first-order valence-electron chi connectivity index (χ1n) is 9.79. The van der Waals surface area contributed by atoms with Crippen LogP contribution in [-0.2, 0) is 16.6 Å². The molecule has 0 bridgehead atoms. The maximum atomic E-state index is 13.2. The lowest BCUT2D eigenvalue weighted by atomic mass is 10.2. The van der Waals surface area contributed by atoms with Gasteiger partial charge in [-0.1, -0.05) is 0 Å². The zero-order chi connectivity index (χ0) is 22.0. The second kappa shape index (κ2) is 8.69. The summed E-state index contributed by atoms with van der Waals surface area (Å²) in [6.07, 6.45) is 0.